The highest BCUT2D eigenvalue weighted by molar-refractivity contribution is 5.95. The van der Waals surface area contributed by atoms with Crippen LogP contribution in [-0.4, -0.2) is 21.9 Å². The number of nitrogens with one attached hydrogen (secondary N) is 2. The predicted molar refractivity (Wildman–Crippen MR) is 90.0 cm³/mol. The SMILES string of the molecule is CC(C)[C@H](N)C(=O)Nc1cccc(-c2ncc[nH]2)c1.Cl.Cl. The van der Waals surface area contributed by atoms with Crippen molar-refractivity contribution in [2.75, 3.05) is 5.32 Å². The fraction of sp³-hybridized carbons (Fsp3) is 0.286. The average Bonchev–Trinajstić information content (AvgIpc) is 2.91. The number of imidazole rings is 1. The summed E-state index contributed by atoms with van der Waals surface area (Å²) in [5, 5.41) is 2.82. The molecule has 2 aromatic rings. The van der Waals surface area contributed by atoms with Crippen molar-refractivity contribution in [1.29, 1.82) is 0 Å². The zero-order valence-corrected chi connectivity index (χ0v) is 13.5. The van der Waals surface area contributed by atoms with Crippen molar-refractivity contribution in [2.24, 2.45) is 11.7 Å². The highest BCUT2D eigenvalue weighted by Gasteiger charge is 2.17. The van der Waals surface area contributed by atoms with Crippen molar-refractivity contribution >= 4 is 36.4 Å². The Balaban J connectivity index is 0.00000200. The Bertz CT molecular complexity index is 558. The number of benzene rings is 1. The number of aromatic amines is 1. The van der Waals surface area contributed by atoms with E-state index < -0.39 is 6.04 Å². The van der Waals surface area contributed by atoms with Crippen molar-refractivity contribution < 1.29 is 4.79 Å². The van der Waals surface area contributed by atoms with E-state index in [1.54, 1.807) is 12.4 Å². The maximum Gasteiger partial charge on any atom is 0.241 e. The number of amides is 1. The Morgan fingerprint density at radius 1 is 1.33 bits per heavy atom. The van der Waals surface area contributed by atoms with Gasteiger partial charge in [-0.15, -0.1) is 24.8 Å². The Morgan fingerprint density at radius 3 is 2.62 bits per heavy atom. The van der Waals surface area contributed by atoms with Crippen LogP contribution in [0.15, 0.2) is 36.7 Å². The van der Waals surface area contributed by atoms with Crippen molar-refractivity contribution in [2.45, 2.75) is 19.9 Å². The highest BCUT2D eigenvalue weighted by atomic mass is 35.5. The lowest BCUT2D eigenvalue weighted by molar-refractivity contribution is -0.118. The van der Waals surface area contributed by atoms with Crippen LogP contribution in [0.2, 0.25) is 0 Å². The minimum atomic E-state index is -0.507. The molecule has 0 fully saturated rings. The number of hydrogen-bond acceptors (Lipinski definition) is 3. The molecule has 0 aliphatic rings. The molecule has 0 aliphatic carbocycles. The first kappa shape index (κ1) is 19.4. The second-order valence-electron chi connectivity index (χ2n) is 4.78. The molecule has 0 saturated heterocycles. The molecule has 21 heavy (non-hydrogen) atoms. The number of nitrogens with two attached hydrogens (primary N) is 1. The minimum Gasteiger partial charge on any atom is -0.345 e. The van der Waals surface area contributed by atoms with Gasteiger partial charge in [-0.3, -0.25) is 4.79 Å². The largest absolute Gasteiger partial charge is 0.345 e. The molecule has 116 valence electrons. The summed E-state index contributed by atoms with van der Waals surface area (Å²) in [6.07, 6.45) is 3.45. The van der Waals surface area contributed by atoms with Crippen LogP contribution >= 0.6 is 24.8 Å². The maximum atomic E-state index is 11.9. The van der Waals surface area contributed by atoms with E-state index in [1.165, 1.54) is 0 Å². The summed E-state index contributed by atoms with van der Waals surface area (Å²) in [4.78, 5) is 19.1. The van der Waals surface area contributed by atoms with E-state index in [1.807, 2.05) is 38.1 Å². The van der Waals surface area contributed by atoms with E-state index in [0.29, 0.717) is 0 Å². The molecule has 4 N–H and O–H groups in total. The molecular weight excluding hydrogens is 311 g/mol. The van der Waals surface area contributed by atoms with E-state index in [-0.39, 0.29) is 36.6 Å². The van der Waals surface area contributed by atoms with Crippen LogP contribution in [0.4, 0.5) is 5.69 Å². The Hall–Kier alpha value is -1.56. The quantitative estimate of drug-likeness (QED) is 0.805. The fourth-order valence-electron chi connectivity index (χ4n) is 1.70. The van der Waals surface area contributed by atoms with Gasteiger partial charge in [0.05, 0.1) is 6.04 Å². The summed E-state index contributed by atoms with van der Waals surface area (Å²) in [5.41, 5.74) is 7.45. The third-order valence-corrected chi connectivity index (χ3v) is 2.92. The van der Waals surface area contributed by atoms with Crippen LogP contribution in [0.3, 0.4) is 0 Å². The lowest BCUT2D eigenvalue weighted by atomic mass is 10.0. The lowest BCUT2D eigenvalue weighted by Crippen LogP contribution is -2.39. The molecule has 1 aromatic heterocycles. The third-order valence-electron chi connectivity index (χ3n) is 2.92. The van der Waals surface area contributed by atoms with Gasteiger partial charge in [-0.1, -0.05) is 26.0 Å². The zero-order valence-electron chi connectivity index (χ0n) is 11.9. The van der Waals surface area contributed by atoms with Crippen LogP contribution in [0.5, 0.6) is 0 Å². The number of H-pyrrole nitrogens is 1. The maximum absolute atomic E-state index is 11.9. The first-order valence-corrected chi connectivity index (χ1v) is 6.24. The predicted octanol–water partition coefficient (Wildman–Crippen LogP) is 2.84. The van der Waals surface area contributed by atoms with Gasteiger partial charge in [0.15, 0.2) is 0 Å². The van der Waals surface area contributed by atoms with E-state index in [4.69, 9.17) is 5.73 Å². The lowest BCUT2D eigenvalue weighted by Gasteiger charge is -2.15. The molecule has 0 bridgehead atoms. The van der Waals surface area contributed by atoms with Gasteiger partial charge in [-0.25, -0.2) is 4.98 Å². The molecule has 0 saturated carbocycles. The van der Waals surface area contributed by atoms with Gasteiger partial charge in [0.2, 0.25) is 5.91 Å². The van der Waals surface area contributed by atoms with E-state index in [9.17, 15) is 4.79 Å². The van der Waals surface area contributed by atoms with Gasteiger partial charge in [0.25, 0.3) is 0 Å². The number of carbonyl (C=O) groups is 1. The molecule has 1 aromatic carbocycles. The molecule has 0 unspecified atom stereocenters. The van der Waals surface area contributed by atoms with Gasteiger partial charge in [-0.2, -0.15) is 0 Å². The summed E-state index contributed by atoms with van der Waals surface area (Å²) >= 11 is 0. The average molecular weight is 331 g/mol. The molecular formula is C14H20Cl2N4O. The molecule has 2 rings (SSSR count). The van der Waals surface area contributed by atoms with Crippen LogP contribution < -0.4 is 11.1 Å². The second-order valence-corrected chi connectivity index (χ2v) is 4.78. The number of carbonyl (C=O) groups excluding carboxylic acids is 1. The van der Waals surface area contributed by atoms with Crippen molar-refractivity contribution in [3.05, 3.63) is 36.7 Å². The van der Waals surface area contributed by atoms with Gasteiger partial charge < -0.3 is 16.0 Å². The van der Waals surface area contributed by atoms with Crippen molar-refractivity contribution in [3.8, 4) is 11.4 Å². The number of aromatic nitrogens is 2. The van der Waals surface area contributed by atoms with Crippen molar-refractivity contribution in [3.63, 3.8) is 0 Å². The number of anilines is 1. The molecule has 1 heterocycles. The number of rotatable bonds is 4. The Morgan fingerprint density at radius 2 is 2.05 bits per heavy atom. The molecule has 0 aliphatic heterocycles. The Kier molecular flexibility index (Phi) is 8.02. The zero-order chi connectivity index (χ0) is 13.8. The highest BCUT2D eigenvalue weighted by Crippen LogP contribution is 2.19. The van der Waals surface area contributed by atoms with Gasteiger partial charge >= 0.3 is 0 Å². The molecule has 0 radical (unpaired) electrons. The standard InChI is InChI=1S/C14H18N4O.2ClH/c1-9(2)12(15)14(19)18-11-5-3-4-10(8-11)13-16-6-7-17-13;;/h3-9,12H,15H2,1-2H3,(H,16,17)(H,18,19);2*1H/t12-;;/m0../s1. The number of hydrogen-bond donors (Lipinski definition) is 3. The van der Waals surface area contributed by atoms with E-state index in [0.717, 1.165) is 17.1 Å². The van der Waals surface area contributed by atoms with E-state index in [2.05, 4.69) is 15.3 Å². The van der Waals surface area contributed by atoms with Crippen LogP contribution in [0.1, 0.15) is 13.8 Å². The topological polar surface area (TPSA) is 83.8 Å². The number of halogens is 2. The first-order chi connectivity index (χ1) is 9.08. The Labute approximate surface area is 136 Å². The van der Waals surface area contributed by atoms with Crippen molar-refractivity contribution in [1.82, 2.24) is 9.97 Å². The van der Waals surface area contributed by atoms with Crippen LogP contribution in [0.25, 0.3) is 11.4 Å². The molecule has 1 atom stereocenters. The first-order valence-electron chi connectivity index (χ1n) is 6.24. The second kappa shape index (κ2) is 8.67. The number of nitrogens with zero attached hydrogens (tertiary/aromatic N) is 1. The third kappa shape index (κ3) is 5.04. The summed E-state index contributed by atoms with van der Waals surface area (Å²) in [5.74, 6) is 0.698. The summed E-state index contributed by atoms with van der Waals surface area (Å²) in [7, 11) is 0. The molecule has 7 heteroatoms. The fourth-order valence-corrected chi connectivity index (χ4v) is 1.70. The monoisotopic (exact) mass is 330 g/mol. The van der Waals surface area contributed by atoms with Crippen LogP contribution in [0, 0.1) is 5.92 Å². The van der Waals surface area contributed by atoms with Gasteiger partial charge in [0, 0.05) is 23.6 Å². The molecule has 0 spiro atoms. The van der Waals surface area contributed by atoms with Gasteiger partial charge in [0.1, 0.15) is 5.82 Å². The summed E-state index contributed by atoms with van der Waals surface area (Å²) in [6, 6.07) is 6.99. The molecule has 1 amide bonds. The molecule has 5 nitrogen and oxygen atoms in total. The van der Waals surface area contributed by atoms with Crippen LogP contribution in [-0.2, 0) is 4.79 Å². The van der Waals surface area contributed by atoms with Gasteiger partial charge in [-0.05, 0) is 18.1 Å². The summed E-state index contributed by atoms with van der Waals surface area (Å²) in [6.45, 7) is 3.84. The smallest absolute Gasteiger partial charge is 0.241 e. The minimum absolute atomic E-state index is 0. The van der Waals surface area contributed by atoms with E-state index >= 15 is 0 Å². The normalized spacial score (nSPS) is 11.2. The summed E-state index contributed by atoms with van der Waals surface area (Å²) < 4.78 is 0.